The molecule has 0 fully saturated rings. The zero-order chi connectivity index (χ0) is 49.5. The molecule has 0 aliphatic carbocycles. The molecular weight excluding hydrogens is 1000 g/mol. The number of aliphatic imine (C=N–C) groups is 2. The minimum atomic E-state index is 0. The van der Waals surface area contributed by atoms with Gasteiger partial charge in [0, 0.05) is 36.1 Å². The lowest BCUT2D eigenvalue weighted by Crippen LogP contribution is -2.42. The van der Waals surface area contributed by atoms with Gasteiger partial charge in [0.05, 0.1) is 26.7 Å². The molecule has 2 heterocycles. The van der Waals surface area contributed by atoms with Crippen LogP contribution in [-0.2, 0) is 42.3 Å². The van der Waals surface area contributed by atoms with Gasteiger partial charge in [-0.1, -0.05) is 150 Å². The van der Waals surface area contributed by atoms with Gasteiger partial charge in [-0.25, -0.2) is 9.98 Å². The van der Waals surface area contributed by atoms with E-state index in [0.29, 0.717) is 11.5 Å². The van der Waals surface area contributed by atoms with Crippen molar-refractivity contribution >= 4 is 92.5 Å². The van der Waals surface area contributed by atoms with E-state index >= 15 is 0 Å². The molecule has 7 rings (SSSR count). The molecule has 5 aromatic rings. The first-order valence-corrected chi connectivity index (χ1v) is 27.4. The number of halogens is 2. The second-order valence-electron chi connectivity index (χ2n) is 17.4. The van der Waals surface area contributed by atoms with Crippen molar-refractivity contribution in [1.29, 1.82) is 10.8 Å². The molecule has 2 aliphatic rings. The molecule has 0 aromatic heterocycles. The van der Waals surface area contributed by atoms with E-state index in [9.17, 15) is 0 Å². The minimum absolute atomic E-state index is 0. The maximum absolute atomic E-state index is 7.17. The lowest BCUT2D eigenvalue weighted by atomic mass is 10.0. The second kappa shape index (κ2) is 32.8. The van der Waals surface area contributed by atoms with E-state index in [0.717, 1.165) is 98.5 Å². The third-order valence-corrected chi connectivity index (χ3v) is 15.6. The summed E-state index contributed by atoms with van der Waals surface area (Å²) in [5, 5.41) is 23.7. The Morgan fingerprint density at radius 1 is 0.507 bits per heavy atom. The average Bonchev–Trinajstić information content (AvgIpc) is 3.35. The number of nitrogens with one attached hydrogen (secondary N) is 4. The molecule has 17 heteroatoms. The smallest absolute Gasteiger partial charge is 0.159 e. The number of rotatable bonds is 16. The molecule has 2 aliphatic heterocycles. The number of hydrogen-bond donors (Lipinski definition) is 7. The summed E-state index contributed by atoms with van der Waals surface area (Å²) in [7, 11) is 0. The number of nitrogens with two attached hydrogens (primary N) is 3. The molecule has 0 radical (unpaired) electrons. The van der Waals surface area contributed by atoms with Gasteiger partial charge in [0.1, 0.15) is 0 Å². The Morgan fingerprint density at radius 2 is 0.845 bits per heavy atom. The molecule has 5 aromatic carbocycles. The van der Waals surface area contributed by atoms with E-state index in [1.54, 1.807) is 23.5 Å². The van der Waals surface area contributed by atoms with Crippen LogP contribution in [0.5, 0.6) is 0 Å². The van der Waals surface area contributed by atoms with Gasteiger partial charge >= 0.3 is 0 Å². The third-order valence-electron chi connectivity index (χ3n) is 12.0. The molecule has 0 atom stereocenters. The lowest BCUT2D eigenvalue weighted by Gasteiger charge is -2.27. The molecule has 0 unspecified atom stereocenters. The number of amidine groups is 4. The normalized spacial score (nSPS) is 13.3. The first-order valence-electron chi connectivity index (χ1n) is 23.5. The summed E-state index contributed by atoms with van der Waals surface area (Å²) < 4.78 is 0. The number of thioether (sulfide) groups is 4. The summed E-state index contributed by atoms with van der Waals surface area (Å²) in [6, 6.07) is 36.8. The summed E-state index contributed by atoms with van der Waals surface area (Å²) in [5.41, 5.74) is 33.4. The van der Waals surface area contributed by atoms with Crippen molar-refractivity contribution in [3.05, 3.63) is 175 Å². The first-order chi connectivity index (χ1) is 33.3. The molecular formula is C54H75Cl2N11S4. The number of aryl methyl sites for hydroxylation is 6. The van der Waals surface area contributed by atoms with Crippen molar-refractivity contribution in [3.63, 3.8) is 0 Å². The lowest BCUT2D eigenvalue weighted by molar-refractivity contribution is 0.270. The topological polar surface area (TPSA) is 181 Å². The van der Waals surface area contributed by atoms with Gasteiger partial charge in [0.25, 0.3) is 0 Å². The van der Waals surface area contributed by atoms with Gasteiger partial charge in [-0.15, -0.1) is 24.8 Å². The summed E-state index contributed by atoms with van der Waals surface area (Å²) in [6.07, 6.45) is 3.09. The summed E-state index contributed by atoms with van der Waals surface area (Å²) in [4.78, 5) is 14.4. The van der Waals surface area contributed by atoms with Gasteiger partial charge < -0.3 is 27.8 Å². The highest BCUT2D eigenvalue weighted by Gasteiger charge is 2.16. The van der Waals surface area contributed by atoms with Gasteiger partial charge in [0.15, 0.2) is 20.7 Å². The van der Waals surface area contributed by atoms with Crippen LogP contribution in [0.1, 0.15) is 72.3 Å². The van der Waals surface area contributed by atoms with Crippen molar-refractivity contribution in [2.45, 2.75) is 83.8 Å². The highest BCUT2D eigenvalue weighted by atomic mass is 35.5. The molecule has 11 nitrogen and oxygen atoms in total. The van der Waals surface area contributed by atoms with Crippen molar-refractivity contribution in [3.8, 4) is 0 Å². The predicted molar refractivity (Wildman–Crippen MR) is 318 cm³/mol. The van der Waals surface area contributed by atoms with Crippen LogP contribution in [0.15, 0.2) is 113 Å². The van der Waals surface area contributed by atoms with E-state index in [1.165, 1.54) is 84.7 Å². The quantitative estimate of drug-likeness (QED) is 0.0369. The largest absolute Gasteiger partial charge is 0.379 e. The highest BCUT2D eigenvalue weighted by Crippen LogP contribution is 2.24. The second-order valence-corrected chi connectivity index (χ2v) is 21.3. The molecule has 0 saturated carbocycles. The van der Waals surface area contributed by atoms with Crippen molar-refractivity contribution in [2.75, 3.05) is 46.3 Å². The fourth-order valence-corrected chi connectivity index (χ4v) is 10.3. The third kappa shape index (κ3) is 22.2. The van der Waals surface area contributed by atoms with Crippen LogP contribution >= 0.6 is 71.9 Å². The summed E-state index contributed by atoms with van der Waals surface area (Å²) in [6.45, 7) is 19.0. The first kappa shape index (κ1) is 61.1. The maximum Gasteiger partial charge on any atom is 0.159 e. The van der Waals surface area contributed by atoms with E-state index in [-0.39, 0.29) is 35.1 Å². The van der Waals surface area contributed by atoms with E-state index in [4.69, 9.17) is 38.0 Å². The van der Waals surface area contributed by atoms with E-state index in [1.807, 2.05) is 24.3 Å². The Hall–Kier alpha value is -4.16. The molecule has 0 amide bonds. The summed E-state index contributed by atoms with van der Waals surface area (Å²) >= 11 is 6.20. The van der Waals surface area contributed by atoms with Gasteiger partial charge in [-0.05, 0) is 140 Å². The molecule has 0 spiro atoms. The zero-order valence-corrected chi connectivity index (χ0v) is 47.1. The SMILES string of the molecule is Cc1ccc(CCN)cc1C.Cc1ccc(CCN2CN=C(SCc3ccccc3CSC3=NCN(CCc4ccc(C)c(C)c4)CN3)NC2)cc1C.Cl.Cl.N=C(N)SCc1ccccc1CSC(=N)N. The standard InChI is InChI=1S/C34H44N6S2.C10H14N4S2.C10H15N.2ClH/c1-25-9-11-29(17-27(25)3)13-15-39-21-35-33(36-22-39)41-19-31-7-5-6-8-32(31)20-42-34-37-23-40(24-38-34)16-14-30-12-10-26(2)28(4)18-30;11-9(12)15-5-7-3-1-2-4-8(7)6-16-10(13)14;1-8-3-4-10(5-6-11)7-9(8)2;;/h5-12,17-18H,13-16,19-24H2,1-4H3,(H,35,36)(H,37,38);1-4H,5-6H2,(H3,11,12)(H3,13,14);3-4,7H,5-6,11H2,1-2H3;2*1H. The van der Waals surface area contributed by atoms with Crippen LogP contribution < -0.4 is 27.8 Å². The Morgan fingerprint density at radius 3 is 1.14 bits per heavy atom. The Bertz CT molecular complexity index is 2380. The highest BCUT2D eigenvalue weighted by molar-refractivity contribution is 8.14. The molecule has 384 valence electrons. The Kier molecular flexibility index (Phi) is 28.3. The zero-order valence-electron chi connectivity index (χ0n) is 42.2. The van der Waals surface area contributed by atoms with Crippen molar-refractivity contribution in [2.24, 2.45) is 27.2 Å². The van der Waals surface area contributed by atoms with Gasteiger partial charge in [-0.2, -0.15) is 0 Å². The maximum atomic E-state index is 7.17. The minimum Gasteiger partial charge on any atom is -0.379 e. The molecule has 10 N–H and O–H groups in total. The van der Waals surface area contributed by atoms with Crippen LogP contribution in [0, 0.1) is 52.4 Å². The van der Waals surface area contributed by atoms with Crippen LogP contribution in [0.3, 0.4) is 0 Å². The number of nitrogens with zero attached hydrogens (tertiary/aromatic N) is 4. The molecule has 71 heavy (non-hydrogen) atoms. The van der Waals surface area contributed by atoms with Gasteiger partial charge in [0.2, 0.25) is 0 Å². The predicted octanol–water partition coefficient (Wildman–Crippen LogP) is 10.8. The fraction of sp³-hybridized carbons (Fsp3) is 0.370. The molecule has 0 saturated heterocycles. The fourth-order valence-electron chi connectivity index (χ4n) is 7.29. The Labute approximate surface area is 453 Å². The Balaban J connectivity index is 0.000000376. The van der Waals surface area contributed by atoms with Crippen molar-refractivity contribution in [1.82, 2.24) is 20.4 Å². The van der Waals surface area contributed by atoms with E-state index in [2.05, 4.69) is 141 Å². The average molecular weight is 1080 g/mol. The number of benzene rings is 5. The van der Waals surface area contributed by atoms with Crippen LogP contribution in [0.25, 0.3) is 0 Å². The monoisotopic (exact) mass is 1080 g/mol. The van der Waals surface area contributed by atoms with Gasteiger partial charge in [-0.3, -0.25) is 20.6 Å². The van der Waals surface area contributed by atoms with Crippen LogP contribution in [0.2, 0.25) is 0 Å². The summed E-state index contributed by atoms with van der Waals surface area (Å²) in [5.74, 6) is 3.20. The van der Waals surface area contributed by atoms with Crippen LogP contribution in [-0.4, -0.2) is 76.8 Å². The number of hydrogen-bond acceptors (Lipinski definition) is 13. The van der Waals surface area contributed by atoms with Crippen molar-refractivity contribution < 1.29 is 0 Å². The van der Waals surface area contributed by atoms with Crippen LogP contribution in [0.4, 0.5) is 0 Å². The molecule has 0 bridgehead atoms. The van der Waals surface area contributed by atoms with E-state index < -0.39 is 0 Å².